The van der Waals surface area contributed by atoms with Crippen LogP contribution in [0.15, 0.2) is 54.5 Å². The van der Waals surface area contributed by atoms with Crippen molar-refractivity contribution < 1.29 is 17.9 Å². The van der Waals surface area contributed by atoms with E-state index in [0.717, 1.165) is 22.2 Å². The third-order valence-electron chi connectivity index (χ3n) is 4.33. The van der Waals surface area contributed by atoms with Crippen molar-refractivity contribution in [3.63, 3.8) is 0 Å². The van der Waals surface area contributed by atoms with E-state index in [1.54, 1.807) is 18.5 Å². The molecular weight excluding hydrogens is 383 g/mol. The van der Waals surface area contributed by atoms with Crippen molar-refractivity contribution in [1.29, 1.82) is 0 Å². The van der Waals surface area contributed by atoms with Gasteiger partial charge < -0.3 is 15.0 Å². The van der Waals surface area contributed by atoms with Crippen LogP contribution in [0.25, 0.3) is 11.0 Å². The lowest BCUT2D eigenvalue weighted by Gasteiger charge is -2.08. The largest absolute Gasteiger partial charge is 0.492 e. The monoisotopic (exact) mass is 400 g/mol. The maximum Gasteiger partial charge on any atom is 0.492 e. The molecule has 3 aromatic heterocycles. The minimum absolute atomic E-state index is 0.0283. The molecule has 1 aliphatic heterocycles. The van der Waals surface area contributed by atoms with Crippen LogP contribution in [0.3, 0.4) is 0 Å². The summed E-state index contributed by atoms with van der Waals surface area (Å²) in [5, 5.41) is 4.15. The Kier molecular flexibility index (Phi) is 5.05. The van der Waals surface area contributed by atoms with Crippen molar-refractivity contribution in [2.75, 3.05) is 18.5 Å². The van der Waals surface area contributed by atoms with Crippen LogP contribution < -0.4 is 9.98 Å². The highest BCUT2D eigenvalue weighted by Gasteiger charge is 2.33. The predicted molar refractivity (Wildman–Crippen MR) is 105 cm³/mol. The highest BCUT2D eigenvalue weighted by molar-refractivity contribution is 6.03. The first-order valence-electron chi connectivity index (χ1n) is 8.88. The van der Waals surface area contributed by atoms with Crippen molar-refractivity contribution in [3.8, 4) is 0 Å². The van der Waals surface area contributed by atoms with E-state index in [0.29, 0.717) is 17.8 Å². The molecule has 0 spiro atoms. The van der Waals surface area contributed by atoms with E-state index in [-0.39, 0.29) is 12.4 Å². The maximum absolute atomic E-state index is 12.3. The fraction of sp³-hybridized carbons (Fsp3) is 0.200. The molecule has 0 aliphatic carbocycles. The molecule has 0 atom stereocenters. The Morgan fingerprint density at radius 1 is 1.17 bits per heavy atom. The molecule has 0 aromatic carbocycles. The van der Waals surface area contributed by atoms with Crippen molar-refractivity contribution in [3.05, 3.63) is 65.6 Å². The highest BCUT2D eigenvalue weighted by atomic mass is 19.4. The minimum atomic E-state index is -4.40. The molecule has 2 N–H and O–H groups in total. The normalized spacial score (nSPS) is 13.5. The van der Waals surface area contributed by atoms with Crippen molar-refractivity contribution >= 4 is 29.0 Å². The third kappa shape index (κ3) is 4.64. The van der Waals surface area contributed by atoms with Crippen LogP contribution in [0.5, 0.6) is 0 Å². The van der Waals surface area contributed by atoms with Crippen LogP contribution in [-0.2, 0) is 11.2 Å². The summed E-state index contributed by atoms with van der Waals surface area (Å²) in [7, 11) is 0. The number of nitrogens with zero attached hydrogens (tertiary/aromatic N) is 3. The summed E-state index contributed by atoms with van der Waals surface area (Å²) in [4.78, 5) is 11.8. The molecule has 0 radical (unpaired) electrons. The Morgan fingerprint density at radius 3 is 2.86 bits per heavy atom. The first-order chi connectivity index (χ1) is 14.0. The predicted octanol–water partition coefficient (Wildman–Crippen LogP) is 3.02. The van der Waals surface area contributed by atoms with Gasteiger partial charge >= 0.3 is 12.1 Å². The molecule has 0 unspecified atom stereocenters. The van der Waals surface area contributed by atoms with Gasteiger partial charge in [-0.3, -0.25) is 0 Å². The second kappa shape index (κ2) is 7.81. The molecule has 4 heterocycles. The van der Waals surface area contributed by atoms with Crippen molar-refractivity contribution in [1.82, 2.24) is 19.6 Å². The molecule has 0 saturated carbocycles. The quantitative estimate of drug-likeness (QED) is 0.624. The summed E-state index contributed by atoms with van der Waals surface area (Å²) in [6.07, 6.45) is 4.78. The summed E-state index contributed by atoms with van der Waals surface area (Å²) >= 11 is 0. The van der Waals surface area contributed by atoms with Crippen LogP contribution in [0.1, 0.15) is 11.1 Å². The Morgan fingerprint density at radius 2 is 2.07 bits per heavy atom. The fourth-order valence-corrected chi connectivity index (χ4v) is 2.96. The first-order valence-corrected chi connectivity index (χ1v) is 8.88. The van der Waals surface area contributed by atoms with Gasteiger partial charge in [-0.2, -0.15) is 13.2 Å². The van der Waals surface area contributed by atoms with Crippen molar-refractivity contribution in [2.45, 2.75) is 12.6 Å². The molecule has 3 aromatic rings. The second-order valence-electron chi connectivity index (χ2n) is 6.47. The molecule has 0 fully saturated rings. The molecule has 0 bridgehead atoms. The van der Waals surface area contributed by atoms with Crippen LogP contribution in [-0.4, -0.2) is 46.4 Å². The summed E-state index contributed by atoms with van der Waals surface area (Å²) < 4.78 is 45.5. The molecule has 0 amide bonds. The summed E-state index contributed by atoms with van der Waals surface area (Å²) in [5.74, 6) is 0.580. The van der Waals surface area contributed by atoms with Crippen molar-refractivity contribution in [2.24, 2.45) is 0 Å². The van der Waals surface area contributed by atoms with Crippen LogP contribution >= 0.6 is 0 Å². The molecule has 148 valence electrons. The average molecular weight is 400 g/mol. The number of pyridine rings is 2. The number of anilines is 1. The Hall–Kier alpha value is -3.58. The van der Waals surface area contributed by atoms with Crippen LogP contribution in [0.2, 0.25) is 0 Å². The second-order valence-corrected chi connectivity index (χ2v) is 6.47. The van der Waals surface area contributed by atoms with Gasteiger partial charge in [-0.15, -0.1) is 0 Å². The zero-order valence-electron chi connectivity index (χ0n) is 15.2. The number of fused-ring (bicyclic) bond motifs is 1. The number of halogens is 3. The first kappa shape index (κ1) is 18.8. The third-order valence-corrected chi connectivity index (χ3v) is 4.33. The topological polar surface area (TPSA) is 76.9 Å². The number of allylic oxidation sites excluding steroid dienone is 1. The van der Waals surface area contributed by atoms with E-state index in [2.05, 4.69) is 24.9 Å². The lowest BCUT2D eigenvalue weighted by Crippen LogP contribution is -2.23. The average Bonchev–Trinajstić information content (AvgIpc) is 3.32. The van der Waals surface area contributed by atoms with Gasteiger partial charge in [-0.1, -0.05) is 6.07 Å². The van der Waals surface area contributed by atoms with Crippen LogP contribution in [0, 0.1) is 0 Å². The number of alkyl halides is 3. The SMILES string of the molecule is FC(F)(F)COC1=[N+]=CC=C1CNc1ccc(Cc2c[nH]c3ncccc23)cn1. The van der Waals surface area contributed by atoms with E-state index in [9.17, 15) is 13.2 Å². The molecule has 9 heteroatoms. The number of aromatic amines is 1. The number of aromatic nitrogens is 3. The minimum Gasteiger partial charge on any atom is -0.422 e. The Bertz CT molecular complexity index is 1110. The molecular formula is C20H17F3N5O+. The lowest BCUT2D eigenvalue weighted by molar-refractivity contribution is -0.156. The van der Waals surface area contributed by atoms with Gasteiger partial charge in [-0.05, 0) is 34.0 Å². The van der Waals surface area contributed by atoms with E-state index >= 15 is 0 Å². The Balaban J connectivity index is 1.34. The number of hydrogen-bond donors (Lipinski definition) is 2. The number of H-pyrrole nitrogens is 1. The fourth-order valence-electron chi connectivity index (χ4n) is 2.96. The van der Waals surface area contributed by atoms with Gasteiger partial charge in [0.05, 0.1) is 6.54 Å². The highest BCUT2D eigenvalue weighted by Crippen LogP contribution is 2.20. The molecule has 29 heavy (non-hydrogen) atoms. The standard InChI is InChI=1S/C20H17F3N5O/c21-20(22,23)12-29-19-14(5-7-25-19)10-27-17-4-3-13(9-26-17)8-15-11-28-18-16(15)2-1-6-24-18/h1-7,9,11H,8,10,12H2,(H,24,28)(H,26,27)/q+1. The van der Waals surface area contributed by atoms with Gasteiger partial charge in [0, 0.05) is 36.5 Å². The van der Waals surface area contributed by atoms with E-state index in [1.807, 2.05) is 30.5 Å². The smallest absolute Gasteiger partial charge is 0.422 e. The van der Waals surface area contributed by atoms with E-state index in [1.165, 1.54) is 6.21 Å². The molecule has 6 nitrogen and oxygen atoms in total. The molecule has 1 aliphatic rings. The number of ether oxygens (including phenoxy) is 1. The molecule has 0 saturated heterocycles. The van der Waals surface area contributed by atoms with E-state index in [4.69, 9.17) is 4.74 Å². The number of hydrogen-bond acceptors (Lipinski definition) is 4. The van der Waals surface area contributed by atoms with Gasteiger partial charge in [0.1, 0.15) is 17.0 Å². The van der Waals surface area contributed by atoms with Crippen LogP contribution in [0.4, 0.5) is 19.0 Å². The van der Waals surface area contributed by atoms with Gasteiger partial charge in [0.2, 0.25) is 0 Å². The lowest BCUT2D eigenvalue weighted by atomic mass is 10.1. The maximum atomic E-state index is 12.3. The molecule has 4 rings (SSSR count). The zero-order chi connectivity index (χ0) is 20.3. The Labute approximate surface area is 163 Å². The number of rotatable bonds is 6. The van der Waals surface area contributed by atoms with Gasteiger partial charge in [0.15, 0.2) is 6.61 Å². The summed E-state index contributed by atoms with van der Waals surface area (Å²) in [6, 6.07) is 7.70. The van der Waals surface area contributed by atoms with Gasteiger partial charge in [-0.25, -0.2) is 9.97 Å². The zero-order valence-corrected chi connectivity index (χ0v) is 15.2. The van der Waals surface area contributed by atoms with E-state index < -0.39 is 12.8 Å². The van der Waals surface area contributed by atoms with Gasteiger partial charge in [0.25, 0.3) is 6.21 Å². The summed E-state index contributed by atoms with van der Waals surface area (Å²) in [6.45, 7) is -1.11. The summed E-state index contributed by atoms with van der Waals surface area (Å²) in [5.41, 5.74) is 3.54. The number of nitrogens with one attached hydrogen (secondary N) is 2.